The molecule has 0 aliphatic carbocycles. The van der Waals surface area contributed by atoms with Gasteiger partial charge in [0.1, 0.15) is 5.38 Å². The Hall–Kier alpha value is -0.770. The van der Waals surface area contributed by atoms with Gasteiger partial charge in [0.25, 0.3) is 0 Å². The van der Waals surface area contributed by atoms with Gasteiger partial charge >= 0.3 is 11.9 Å². The molecule has 0 rings (SSSR count). The van der Waals surface area contributed by atoms with Crippen LogP contribution in [0.5, 0.6) is 0 Å². The van der Waals surface area contributed by atoms with Gasteiger partial charge in [0.2, 0.25) is 0 Å². The Morgan fingerprint density at radius 2 is 2.18 bits per heavy atom. The van der Waals surface area contributed by atoms with Crippen LogP contribution in [-0.4, -0.2) is 29.5 Å². The zero-order valence-corrected chi connectivity index (χ0v) is 6.80. The van der Waals surface area contributed by atoms with Crippen LogP contribution in [0.2, 0.25) is 0 Å². The molecule has 0 aromatic heterocycles. The van der Waals surface area contributed by atoms with Crippen LogP contribution < -0.4 is 0 Å². The van der Waals surface area contributed by atoms with Crippen molar-refractivity contribution >= 4 is 23.5 Å². The third-order valence-corrected chi connectivity index (χ3v) is 1.50. The van der Waals surface area contributed by atoms with Gasteiger partial charge in [-0.1, -0.05) is 0 Å². The maximum absolute atomic E-state index is 10.5. The first-order valence-corrected chi connectivity index (χ1v) is 3.45. The monoisotopic (exact) mass is 180 g/mol. The molecule has 0 bridgehead atoms. The molecule has 1 N–H and O–H groups in total. The number of rotatable bonds is 4. The lowest BCUT2D eigenvalue weighted by Crippen LogP contribution is -2.15. The molecule has 4 nitrogen and oxygen atoms in total. The van der Waals surface area contributed by atoms with Gasteiger partial charge in [-0.2, -0.15) is 0 Å². The summed E-state index contributed by atoms with van der Waals surface area (Å²) in [6, 6.07) is 0. The molecular weight excluding hydrogens is 172 g/mol. The Balaban J connectivity index is 3.54. The number of ether oxygens (including phenoxy) is 1. The minimum Gasteiger partial charge on any atom is -0.480 e. The molecule has 0 heterocycles. The molecule has 0 spiro atoms. The molecule has 0 aromatic carbocycles. The van der Waals surface area contributed by atoms with Crippen LogP contribution in [0.15, 0.2) is 0 Å². The maximum atomic E-state index is 10.5. The van der Waals surface area contributed by atoms with E-state index in [9.17, 15) is 9.59 Å². The molecular formula is C6H9ClO4. The van der Waals surface area contributed by atoms with Crippen LogP contribution in [0, 0.1) is 0 Å². The van der Waals surface area contributed by atoms with E-state index in [1.165, 1.54) is 7.11 Å². The van der Waals surface area contributed by atoms with Crippen molar-refractivity contribution in [1.82, 2.24) is 0 Å². The highest BCUT2D eigenvalue weighted by Gasteiger charge is 2.14. The fourth-order valence-corrected chi connectivity index (χ4v) is 0.579. The number of alkyl halides is 1. The van der Waals surface area contributed by atoms with E-state index in [4.69, 9.17) is 16.7 Å². The van der Waals surface area contributed by atoms with E-state index in [2.05, 4.69) is 4.74 Å². The molecule has 0 aromatic rings. The molecule has 11 heavy (non-hydrogen) atoms. The summed E-state index contributed by atoms with van der Waals surface area (Å²) in [6.07, 6.45) is 0.139. The fraction of sp³-hybridized carbons (Fsp3) is 0.667. The number of methoxy groups -OCH3 is 1. The van der Waals surface area contributed by atoms with Crippen molar-refractivity contribution in [3.8, 4) is 0 Å². The van der Waals surface area contributed by atoms with E-state index in [1.807, 2.05) is 0 Å². The van der Waals surface area contributed by atoms with Crippen LogP contribution in [0.1, 0.15) is 12.8 Å². The Kier molecular flexibility index (Phi) is 4.61. The molecule has 0 amide bonds. The topological polar surface area (TPSA) is 63.6 Å². The minimum atomic E-state index is -1.12. The van der Waals surface area contributed by atoms with Gasteiger partial charge in [0.15, 0.2) is 0 Å². The lowest BCUT2D eigenvalue weighted by Gasteiger charge is -2.01. The average Bonchev–Trinajstić information content (AvgIpc) is 1.99. The van der Waals surface area contributed by atoms with Crippen LogP contribution >= 0.6 is 11.6 Å². The summed E-state index contributed by atoms with van der Waals surface area (Å²) in [5.74, 6) is -1.56. The zero-order chi connectivity index (χ0) is 8.85. The molecule has 0 fully saturated rings. The maximum Gasteiger partial charge on any atom is 0.321 e. The number of esters is 1. The molecule has 0 aliphatic heterocycles. The van der Waals surface area contributed by atoms with E-state index in [0.717, 1.165) is 0 Å². The van der Waals surface area contributed by atoms with Crippen molar-refractivity contribution in [2.45, 2.75) is 18.2 Å². The molecule has 0 radical (unpaired) electrons. The third-order valence-electron chi connectivity index (χ3n) is 1.10. The molecule has 0 aliphatic rings. The largest absolute Gasteiger partial charge is 0.480 e. The Labute approximate surface area is 69.1 Å². The normalized spacial score (nSPS) is 12.2. The van der Waals surface area contributed by atoms with Gasteiger partial charge in [0, 0.05) is 6.42 Å². The molecule has 64 valence electrons. The van der Waals surface area contributed by atoms with Crippen molar-refractivity contribution in [1.29, 1.82) is 0 Å². The second kappa shape index (κ2) is 4.96. The fourth-order valence-electron chi connectivity index (χ4n) is 0.470. The van der Waals surface area contributed by atoms with Gasteiger partial charge in [-0.25, -0.2) is 0 Å². The van der Waals surface area contributed by atoms with Gasteiger partial charge in [-0.3, -0.25) is 9.59 Å². The molecule has 5 heteroatoms. The second-order valence-electron chi connectivity index (χ2n) is 1.92. The van der Waals surface area contributed by atoms with Crippen molar-refractivity contribution in [3.63, 3.8) is 0 Å². The Bertz CT molecular complexity index is 157. The first-order valence-electron chi connectivity index (χ1n) is 3.01. The molecule has 0 saturated heterocycles. The quantitative estimate of drug-likeness (QED) is 0.509. The number of carbonyl (C=O) groups excluding carboxylic acids is 1. The summed E-state index contributed by atoms with van der Waals surface area (Å²) >= 11 is 5.31. The number of aliphatic carboxylic acids is 1. The third kappa shape index (κ3) is 4.61. The van der Waals surface area contributed by atoms with E-state index < -0.39 is 17.3 Å². The van der Waals surface area contributed by atoms with Gasteiger partial charge in [0.05, 0.1) is 7.11 Å². The van der Waals surface area contributed by atoms with Crippen LogP contribution in [0.4, 0.5) is 0 Å². The predicted octanol–water partition coefficient (Wildman–Crippen LogP) is 0.632. The van der Waals surface area contributed by atoms with Gasteiger partial charge < -0.3 is 9.84 Å². The van der Waals surface area contributed by atoms with E-state index in [-0.39, 0.29) is 12.8 Å². The second-order valence-corrected chi connectivity index (χ2v) is 2.45. The van der Waals surface area contributed by atoms with Crippen LogP contribution in [0.25, 0.3) is 0 Å². The lowest BCUT2D eigenvalue weighted by atomic mass is 10.2. The highest BCUT2D eigenvalue weighted by atomic mass is 35.5. The molecule has 1 unspecified atom stereocenters. The summed E-state index contributed by atoms with van der Waals surface area (Å²) < 4.78 is 4.29. The van der Waals surface area contributed by atoms with Gasteiger partial charge in [-0.05, 0) is 6.42 Å². The number of halogens is 1. The average molecular weight is 181 g/mol. The Morgan fingerprint density at radius 3 is 2.55 bits per heavy atom. The summed E-state index contributed by atoms with van der Waals surface area (Å²) in [6.45, 7) is 0. The van der Waals surface area contributed by atoms with Crippen LogP contribution in [0.3, 0.4) is 0 Å². The van der Waals surface area contributed by atoms with Crippen molar-refractivity contribution in [2.75, 3.05) is 7.11 Å². The standard InChI is InChI=1S/C6H9ClO4/c1-11-5(8)3-2-4(7)6(9)10/h4H,2-3H2,1H3,(H,9,10). The van der Waals surface area contributed by atoms with E-state index in [1.54, 1.807) is 0 Å². The first-order chi connectivity index (χ1) is 5.07. The van der Waals surface area contributed by atoms with Crippen molar-refractivity contribution < 1.29 is 19.4 Å². The smallest absolute Gasteiger partial charge is 0.321 e. The summed E-state index contributed by atoms with van der Waals surface area (Å²) in [7, 11) is 1.24. The van der Waals surface area contributed by atoms with Crippen LogP contribution in [-0.2, 0) is 14.3 Å². The summed E-state index contributed by atoms with van der Waals surface area (Å²) in [5.41, 5.74) is 0. The number of hydrogen-bond acceptors (Lipinski definition) is 3. The van der Waals surface area contributed by atoms with E-state index in [0.29, 0.717) is 0 Å². The number of hydrogen-bond donors (Lipinski definition) is 1. The Morgan fingerprint density at radius 1 is 1.64 bits per heavy atom. The molecule has 1 atom stereocenters. The SMILES string of the molecule is COC(=O)CCC(Cl)C(=O)O. The van der Waals surface area contributed by atoms with E-state index >= 15 is 0 Å². The zero-order valence-electron chi connectivity index (χ0n) is 6.04. The van der Waals surface area contributed by atoms with Gasteiger partial charge in [-0.15, -0.1) is 11.6 Å². The highest BCUT2D eigenvalue weighted by molar-refractivity contribution is 6.29. The highest BCUT2D eigenvalue weighted by Crippen LogP contribution is 2.05. The lowest BCUT2D eigenvalue weighted by molar-refractivity contribution is -0.141. The summed E-state index contributed by atoms with van der Waals surface area (Å²) in [5, 5.41) is 7.28. The van der Waals surface area contributed by atoms with Crippen molar-refractivity contribution in [2.24, 2.45) is 0 Å². The number of carboxylic acids is 1. The number of carboxylic acid groups (broad SMARTS) is 1. The molecule has 0 saturated carbocycles. The first kappa shape index (κ1) is 10.2. The minimum absolute atomic E-state index is 0.0387. The number of carbonyl (C=O) groups is 2. The predicted molar refractivity (Wildman–Crippen MR) is 38.5 cm³/mol. The van der Waals surface area contributed by atoms with Crippen molar-refractivity contribution in [3.05, 3.63) is 0 Å². The summed E-state index contributed by atoms with van der Waals surface area (Å²) in [4.78, 5) is 20.6.